The molecule has 0 N–H and O–H groups in total. The number of benzene rings is 2. The zero-order chi connectivity index (χ0) is 19.3. The molecule has 0 heterocycles. The van der Waals surface area contributed by atoms with Crippen molar-refractivity contribution in [1.82, 2.24) is 0 Å². The molecule has 174 valence electrons. The van der Waals surface area contributed by atoms with E-state index in [1.165, 1.54) is 81.0 Å². The van der Waals surface area contributed by atoms with Crippen LogP contribution in [0.15, 0.2) is 48.5 Å². The van der Waals surface area contributed by atoms with Crippen molar-refractivity contribution >= 4 is 18.9 Å². The Hall–Kier alpha value is 0.124. The van der Waals surface area contributed by atoms with Gasteiger partial charge in [-0.15, -0.1) is 0 Å². The van der Waals surface area contributed by atoms with Crippen LogP contribution in [0.5, 0.6) is 0 Å². The van der Waals surface area contributed by atoms with Gasteiger partial charge in [0.05, 0.1) is 0 Å². The molecule has 0 radical (unpaired) electrons. The van der Waals surface area contributed by atoms with Gasteiger partial charge in [-0.25, -0.2) is 0 Å². The Kier molecular flexibility index (Phi) is 13.5. The van der Waals surface area contributed by atoms with Crippen LogP contribution in [0.25, 0.3) is 11.1 Å². The van der Waals surface area contributed by atoms with Crippen LogP contribution in [0.4, 0.5) is 5.69 Å². The summed E-state index contributed by atoms with van der Waals surface area (Å²) in [5.41, 5.74) is 6.16. The predicted octanol–water partition coefficient (Wildman–Crippen LogP) is 1.20. The van der Waals surface area contributed by atoms with Gasteiger partial charge in [0.15, 0.2) is 0 Å². The molecule has 0 aromatic heterocycles. The van der Waals surface area contributed by atoms with E-state index in [2.05, 4.69) is 67.5 Å². The molecule has 2 aliphatic rings. The normalized spacial score (nSPS) is 17.3. The number of anilines is 1. The fraction of sp³-hybridized carbons (Fsp3) is 0.538. The minimum atomic E-state index is -0.0867. The number of nitrogens with zero attached hydrogens (tertiary/aromatic N) is 1. The summed E-state index contributed by atoms with van der Waals surface area (Å²) in [6, 6.07) is 18.4. The number of rotatable bonds is 5. The molecule has 0 atom stereocenters. The van der Waals surface area contributed by atoms with Gasteiger partial charge in [0.1, 0.15) is 0 Å². The monoisotopic (exact) mass is 609 g/mol. The van der Waals surface area contributed by atoms with Crippen LogP contribution >= 0.6 is 7.92 Å². The van der Waals surface area contributed by atoms with Crippen LogP contribution < -0.4 is 44.2 Å². The van der Waals surface area contributed by atoms with Crippen molar-refractivity contribution in [3.05, 3.63) is 48.5 Å². The van der Waals surface area contributed by atoms with Crippen molar-refractivity contribution in [2.75, 3.05) is 19.0 Å². The van der Waals surface area contributed by atoms with E-state index in [1.807, 2.05) is 0 Å². The SMILES string of the molecule is CN(C)c1ccccc1-c1ccccc1P(C1CCCCC1)C1CCCCC1.[Br-].[Br-].[Ni+2]. The summed E-state index contributed by atoms with van der Waals surface area (Å²) in [5, 5.41) is 1.70. The Morgan fingerprint density at radius 1 is 0.645 bits per heavy atom. The molecule has 31 heavy (non-hydrogen) atoms. The van der Waals surface area contributed by atoms with Crippen LogP contribution in [-0.4, -0.2) is 25.4 Å². The Morgan fingerprint density at radius 2 is 1.10 bits per heavy atom. The van der Waals surface area contributed by atoms with Crippen LogP contribution in [0, 0.1) is 0 Å². The maximum Gasteiger partial charge on any atom is 2.00 e. The second kappa shape index (κ2) is 14.4. The summed E-state index contributed by atoms with van der Waals surface area (Å²) >= 11 is 0. The Balaban J connectivity index is 0.00000160. The van der Waals surface area contributed by atoms with Crippen LogP contribution in [0.1, 0.15) is 64.2 Å². The van der Waals surface area contributed by atoms with E-state index < -0.39 is 0 Å². The zero-order valence-electron chi connectivity index (χ0n) is 18.8. The number of para-hydroxylation sites is 1. The molecule has 0 saturated heterocycles. The third-order valence-corrected chi connectivity index (χ3v) is 10.3. The van der Waals surface area contributed by atoms with Crippen molar-refractivity contribution in [1.29, 1.82) is 0 Å². The van der Waals surface area contributed by atoms with Gasteiger partial charge in [-0.2, -0.15) is 0 Å². The fourth-order valence-electron chi connectivity index (χ4n) is 5.43. The van der Waals surface area contributed by atoms with Gasteiger partial charge in [-0.3, -0.25) is 0 Å². The molecule has 2 aromatic rings. The summed E-state index contributed by atoms with van der Waals surface area (Å²) in [5.74, 6) is 0. The third kappa shape index (κ3) is 7.05. The third-order valence-electron chi connectivity index (χ3n) is 6.79. The van der Waals surface area contributed by atoms with E-state index in [0.717, 1.165) is 11.3 Å². The first-order chi connectivity index (χ1) is 13.8. The quantitative estimate of drug-likeness (QED) is 0.363. The van der Waals surface area contributed by atoms with Gasteiger partial charge in [-0.1, -0.05) is 88.9 Å². The summed E-state index contributed by atoms with van der Waals surface area (Å²) in [6.45, 7) is 0. The van der Waals surface area contributed by atoms with Gasteiger partial charge in [-0.05, 0) is 53.9 Å². The van der Waals surface area contributed by atoms with E-state index >= 15 is 0 Å². The van der Waals surface area contributed by atoms with E-state index in [4.69, 9.17) is 0 Å². The van der Waals surface area contributed by atoms with Crippen LogP contribution in [0.3, 0.4) is 0 Å². The summed E-state index contributed by atoms with van der Waals surface area (Å²) in [7, 11) is 4.26. The van der Waals surface area contributed by atoms with Gasteiger partial charge in [0, 0.05) is 25.3 Å². The molecule has 2 fully saturated rings. The molecule has 1 nitrogen and oxygen atoms in total. The molecule has 2 aromatic carbocycles. The first-order valence-electron chi connectivity index (χ1n) is 11.4. The Bertz CT molecular complexity index is 756. The molecule has 0 spiro atoms. The van der Waals surface area contributed by atoms with Gasteiger partial charge in [0.25, 0.3) is 0 Å². The summed E-state index contributed by atoms with van der Waals surface area (Å²) in [6.07, 6.45) is 14.6. The van der Waals surface area contributed by atoms with Crippen LogP contribution in [0.2, 0.25) is 0 Å². The smallest absolute Gasteiger partial charge is 1.00 e. The Labute approximate surface area is 222 Å². The van der Waals surface area contributed by atoms with Crippen molar-refractivity contribution in [2.24, 2.45) is 0 Å². The number of hydrogen-bond donors (Lipinski definition) is 0. The fourth-order valence-corrected chi connectivity index (χ4v) is 9.39. The van der Waals surface area contributed by atoms with E-state index in [0.29, 0.717) is 0 Å². The van der Waals surface area contributed by atoms with E-state index in [1.54, 1.807) is 5.30 Å². The molecule has 4 rings (SSSR count). The summed E-state index contributed by atoms with van der Waals surface area (Å²) in [4.78, 5) is 2.27. The van der Waals surface area contributed by atoms with Crippen molar-refractivity contribution in [3.8, 4) is 11.1 Å². The molecule has 0 unspecified atom stereocenters. The first-order valence-corrected chi connectivity index (χ1v) is 12.9. The molecule has 0 aliphatic heterocycles. The van der Waals surface area contributed by atoms with Crippen molar-refractivity contribution in [3.63, 3.8) is 0 Å². The molecule has 2 aliphatic carbocycles. The molecular weight excluding hydrogens is 576 g/mol. The maximum absolute atomic E-state index is 2.50. The molecular formula is C26H36Br2NNiP. The maximum atomic E-state index is 2.50. The number of halogens is 2. The van der Waals surface area contributed by atoms with E-state index in [-0.39, 0.29) is 58.4 Å². The minimum Gasteiger partial charge on any atom is -1.00 e. The molecule has 0 bridgehead atoms. The largest absolute Gasteiger partial charge is 2.00 e. The second-order valence-corrected chi connectivity index (χ2v) is 11.7. The zero-order valence-corrected chi connectivity index (χ0v) is 23.9. The number of hydrogen-bond acceptors (Lipinski definition) is 1. The van der Waals surface area contributed by atoms with Crippen molar-refractivity contribution in [2.45, 2.75) is 75.5 Å². The Morgan fingerprint density at radius 3 is 1.61 bits per heavy atom. The van der Waals surface area contributed by atoms with Gasteiger partial charge in [0.2, 0.25) is 0 Å². The predicted molar refractivity (Wildman–Crippen MR) is 127 cm³/mol. The standard InChI is InChI=1S/C26H36NP.2BrH.Ni/c1-27(2)25-19-11-9-17-23(25)24-18-10-12-20-26(24)28(21-13-5-3-6-14-21)22-15-7-4-8-16-22;;;/h9-12,17-22H,3-8,13-16H2,1-2H3;2*1H;/q;;;+2/p-2. The summed E-state index contributed by atoms with van der Waals surface area (Å²) < 4.78 is 0. The van der Waals surface area contributed by atoms with Gasteiger partial charge < -0.3 is 38.9 Å². The minimum absolute atomic E-state index is 0. The van der Waals surface area contributed by atoms with Gasteiger partial charge >= 0.3 is 16.5 Å². The van der Waals surface area contributed by atoms with E-state index in [9.17, 15) is 0 Å². The molecule has 5 heteroatoms. The average Bonchev–Trinajstić information content (AvgIpc) is 2.76. The second-order valence-electron chi connectivity index (χ2n) is 8.92. The average molecular weight is 612 g/mol. The molecule has 2 saturated carbocycles. The topological polar surface area (TPSA) is 3.24 Å². The van der Waals surface area contributed by atoms with Crippen molar-refractivity contribution < 1.29 is 50.5 Å². The van der Waals surface area contributed by atoms with Crippen LogP contribution in [-0.2, 0) is 16.5 Å². The molecule has 0 amide bonds. The first kappa shape index (κ1) is 29.2.